The van der Waals surface area contributed by atoms with Gasteiger partial charge < -0.3 is 5.11 Å². The normalized spacial score (nSPS) is 12.9. The number of aliphatic hydroxyl groups excluding tert-OH is 1. The quantitative estimate of drug-likeness (QED) is 0.412. The predicted octanol–water partition coefficient (Wildman–Crippen LogP) is 5.24. The molecule has 0 aliphatic heterocycles. The first kappa shape index (κ1) is 16.2. The van der Waals surface area contributed by atoms with Crippen molar-refractivity contribution in [1.29, 1.82) is 0 Å². The molecule has 1 rings (SSSR count). The van der Waals surface area contributed by atoms with E-state index in [4.69, 9.17) is 0 Å². The van der Waals surface area contributed by atoms with Gasteiger partial charge in [0, 0.05) is 11.8 Å². The van der Waals surface area contributed by atoms with Crippen LogP contribution in [-0.4, -0.2) is 11.3 Å². The van der Waals surface area contributed by atoms with Crippen molar-refractivity contribution in [2.45, 2.75) is 0 Å². The third-order valence-corrected chi connectivity index (χ3v) is 2.40. The Morgan fingerprint density at radius 2 is 1.57 bits per heavy atom. The molecule has 0 aromatic heterocycles. The van der Waals surface area contributed by atoms with E-state index in [1.54, 1.807) is 18.2 Å². The second-order valence-electron chi connectivity index (χ2n) is 4.06. The molecule has 0 saturated heterocycles. The topological polar surface area (TPSA) is 32.6 Å². The lowest BCUT2D eigenvalue weighted by atomic mass is 10.2. The van der Waals surface area contributed by atoms with Crippen molar-refractivity contribution in [3.8, 4) is 0 Å². The second-order valence-corrected chi connectivity index (χ2v) is 4.06. The highest BCUT2D eigenvalue weighted by Crippen LogP contribution is 2.10. The number of aliphatic hydroxyl groups is 1. The maximum Gasteiger partial charge on any atom is 0.123 e. The maximum atomic E-state index is 9.80. The first-order valence-electron chi connectivity index (χ1n) is 6.54. The van der Waals surface area contributed by atoms with E-state index in [2.05, 4.69) is 18.2 Å². The van der Waals surface area contributed by atoms with E-state index < -0.39 is 0 Å². The molecule has 0 heterocycles. The fourth-order valence-electron chi connectivity index (χ4n) is 1.32. The van der Waals surface area contributed by atoms with E-state index in [9.17, 15) is 5.11 Å². The van der Waals surface area contributed by atoms with Gasteiger partial charge in [-0.05, 0) is 18.2 Å². The summed E-state index contributed by atoms with van der Waals surface area (Å²) in [6.45, 7) is 7.34. The van der Waals surface area contributed by atoms with Crippen LogP contribution in [0.5, 0.6) is 0 Å². The zero-order valence-corrected chi connectivity index (χ0v) is 11.9. The summed E-state index contributed by atoms with van der Waals surface area (Å²) < 4.78 is 0. The molecule has 0 spiro atoms. The van der Waals surface area contributed by atoms with Crippen molar-refractivity contribution < 1.29 is 5.11 Å². The van der Waals surface area contributed by atoms with Crippen molar-refractivity contribution >= 4 is 11.9 Å². The van der Waals surface area contributed by atoms with Gasteiger partial charge in [-0.25, -0.2) is 0 Å². The first-order valence-corrected chi connectivity index (χ1v) is 6.54. The van der Waals surface area contributed by atoms with Crippen LogP contribution in [-0.2, 0) is 0 Å². The Bertz CT molecular complexity index is 602. The fraction of sp³-hybridized carbons (Fsp3) is 0. The lowest BCUT2D eigenvalue weighted by Gasteiger charge is -1.96. The van der Waals surface area contributed by atoms with Crippen LogP contribution in [0.1, 0.15) is 0 Å². The van der Waals surface area contributed by atoms with E-state index in [0.29, 0.717) is 5.57 Å². The van der Waals surface area contributed by atoms with Gasteiger partial charge in [0.15, 0.2) is 0 Å². The van der Waals surface area contributed by atoms with Crippen molar-refractivity contribution in [1.82, 2.24) is 0 Å². The van der Waals surface area contributed by atoms with Crippen LogP contribution in [0.25, 0.3) is 0 Å². The number of benzene rings is 1. The smallest absolute Gasteiger partial charge is 0.123 e. The highest BCUT2D eigenvalue weighted by atomic mass is 16.3. The van der Waals surface area contributed by atoms with Gasteiger partial charge >= 0.3 is 0 Å². The third-order valence-electron chi connectivity index (χ3n) is 2.40. The molecular weight excluding hydrogens is 258 g/mol. The minimum atomic E-state index is 0.0842. The minimum Gasteiger partial charge on any atom is -0.507 e. The SMILES string of the molecule is C=C\C=C/C=C\C=C/C=C(/O)C(=C)/C=N/c1ccccc1. The van der Waals surface area contributed by atoms with Crippen LogP contribution in [0.2, 0.25) is 0 Å². The number of hydrogen-bond acceptors (Lipinski definition) is 2. The largest absolute Gasteiger partial charge is 0.507 e. The molecule has 2 heteroatoms. The molecule has 0 unspecified atom stereocenters. The van der Waals surface area contributed by atoms with Crippen LogP contribution >= 0.6 is 0 Å². The van der Waals surface area contributed by atoms with Gasteiger partial charge in [-0.2, -0.15) is 0 Å². The lowest BCUT2D eigenvalue weighted by Crippen LogP contribution is -1.87. The summed E-state index contributed by atoms with van der Waals surface area (Å²) in [6.07, 6.45) is 15.8. The van der Waals surface area contributed by atoms with Crippen molar-refractivity contribution in [2.24, 2.45) is 4.99 Å². The average Bonchev–Trinajstić information content (AvgIpc) is 2.52. The molecule has 0 amide bonds. The minimum absolute atomic E-state index is 0.0842. The van der Waals surface area contributed by atoms with Gasteiger partial charge in [-0.1, -0.05) is 73.9 Å². The second kappa shape index (κ2) is 9.98. The Hall–Kier alpha value is -2.87. The Morgan fingerprint density at radius 1 is 0.952 bits per heavy atom. The number of nitrogens with zero attached hydrogens (tertiary/aromatic N) is 1. The summed E-state index contributed by atoms with van der Waals surface area (Å²) in [5, 5.41) is 9.80. The van der Waals surface area contributed by atoms with Crippen molar-refractivity contribution in [2.75, 3.05) is 0 Å². The van der Waals surface area contributed by atoms with Crippen molar-refractivity contribution in [3.05, 3.63) is 103 Å². The molecule has 1 aromatic carbocycles. The van der Waals surface area contributed by atoms with E-state index in [1.807, 2.05) is 60.7 Å². The lowest BCUT2D eigenvalue weighted by molar-refractivity contribution is 0.429. The van der Waals surface area contributed by atoms with Crippen LogP contribution in [0.15, 0.2) is 108 Å². The predicted molar refractivity (Wildman–Crippen MR) is 92.1 cm³/mol. The summed E-state index contributed by atoms with van der Waals surface area (Å²) in [5.74, 6) is 0.0842. The average molecular weight is 277 g/mol. The van der Waals surface area contributed by atoms with E-state index in [1.165, 1.54) is 6.21 Å². The van der Waals surface area contributed by atoms with Crippen LogP contribution < -0.4 is 0 Å². The number of para-hydroxylation sites is 1. The molecule has 0 atom stereocenters. The Kier molecular flexibility index (Phi) is 7.69. The number of allylic oxidation sites excluding steroid dienone is 9. The third kappa shape index (κ3) is 7.33. The molecule has 0 radical (unpaired) electrons. The molecule has 1 N–H and O–H groups in total. The maximum absolute atomic E-state index is 9.80. The van der Waals surface area contributed by atoms with Gasteiger partial charge in [0.25, 0.3) is 0 Å². The van der Waals surface area contributed by atoms with E-state index in [0.717, 1.165) is 5.69 Å². The molecule has 0 fully saturated rings. The molecule has 21 heavy (non-hydrogen) atoms. The van der Waals surface area contributed by atoms with Gasteiger partial charge in [-0.3, -0.25) is 4.99 Å². The summed E-state index contributed by atoms with van der Waals surface area (Å²) in [5.41, 5.74) is 1.28. The monoisotopic (exact) mass is 277 g/mol. The van der Waals surface area contributed by atoms with Crippen molar-refractivity contribution in [3.63, 3.8) is 0 Å². The highest BCUT2D eigenvalue weighted by Gasteiger charge is 1.94. The summed E-state index contributed by atoms with van der Waals surface area (Å²) >= 11 is 0. The molecular formula is C19H19NO. The van der Waals surface area contributed by atoms with Crippen LogP contribution in [0.3, 0.4) is 0 Å². The molecule has 1 aromatic rings. The van der Waals surface area contributed by atoms with Gasteiger partial charge in [0.1, 0.15) is 5.76 Å². The van der Waals surface area contributed by atoms with Crippen LogP contribution in [0, 0.1) is 0 Å². The fourth-order valence-corrected chi connectivity index (χ4v) is 1.32. The van der Waals surface area contributed by atoms with Gasteiger partial charge in [0.05, 0.1) is 5.69 Å². The molecule has 0 aliphatic rings. The molecule has 0 bridgehead atoms. The summed E-state index contributed by atoms with van der Waals surface area (Å²) in [7, 11) is 0. The Morgan fingerprint density at radius 3 is 2.24 bits per heavy atom. The standard InChI is InChI=1S/C19H19NO/c1-3-4-5-6-7-8-12-15-19(21)17(2)16-20-18-13-10-9-11-14-18/h3-16,21H,1-2H2/b5-4-,7-6-,12-8-,19-15+,20-16+. The van der Waals surface area contributed by atoms with Crippen LogP contribution in [0.4, 0.5) is 5.69 Å². The first-order chi connectivity index (χ1) is 10.2. The molecule has 0 saturated carbocycles. The Labute approximate surface area is 126 Å². The highest BCUT2D eigenvalue weighted by molar-refractivity contribution is 5.84. The van der Waals surface area contributed by atoms with E-state index in [-0.39, 0.29) is 5.76 Å². The molecule has 2 nitrogen and oxygen atoms in total. The van der Waals surface area contributed by atoms with E-state index >= 15 is 0 Å². The zero-order chi connectivity index (χ0) is 15.3. The zero-order valence-electron chi connectivity index (χ0n) is 11.9. The van der Waals surface area contributed by atoms with Gasteiger partial charge in [-0.15, -0.1) is 0 Å². The number of rotatable bonds is 7. The molecule has 106 valence electrons. The molecule has 0 aliphatic carbocycles. The number of aliphatic imine (C=N–C) groups is 1. The van der Waals surface area contributed by atoms with Gasteiger partial charge in [0.2, 0.25) is 0 Å². The summed E-state index contributed by atoms with van der Waals surface area (Å²) in [6, 6.07) is 9.49. The summed E-state index contributed by atoms with van der Waals surface area (Å²) in [4.78, 5) is 4.22. The Balaban J connectivity index is 2.53. The number of hydrogen-bond donors (Lipinski definition) is 1.